The zero-order valence-electron chi connectivity index (χ0n) is 10.9. The summed E-state index contributed by atoms with van der Waals surface area (Å²) in [5, 5.41) is 3.44. The van der Waals surface area contributed by atoms with Crippen LogP contribution < -0.4 is 11.1 Å². The van der Waals surface area contributed by atoms with Crippen molar-refractivity contribution in [2.45, 2.75) is 13.0 Å². The van der Waals surface area contributed by atoms with Crippen LogP contribution in [0.25, 0.3) is 0 Å². The van der Waals surface area contributed by atoms with Gasteiger partial charge in [0.05, 0.1) is 11.1 Å². The van der Waals surface area contributed by atoms with E-state index in [4.69, 9.17) is 17.3 Å². The lowest BCUT2D eigenvalue weighted by molar-refractivity contribution is 0.0940. The zero-order valence-corrected chi connectivity index (χ0v) is 13.2. The molecule has 0 spiro atoms. The summed E-state index contributed by atoms with van der Waals surface area (Å²) in [5.74, 6) is -0.163. The van der Waals surface area contributed by atoms with E-state index in [1.54, 1.807) is 18.2 Å². The molecule has 2 aromatic rings. The lowest BCUT2D eigenvalue weighted by atomic mass is 10.1. The van der Waals surface area contributed by atoms with E-state index >= 15 is 0 Å². The van der Waals surface area contributed by atoms with Gasteiger partial charge in [-0.3, -0.25) is 4.79 Å². The highest BCUT2D eigenvalue weighted by atomic mass is 79.9. The first-order chi connectivity index (χ1) is 9.47. The van der Waals surface area contributed by atoms with Crippen molar-refractivity contribution in [2.75, 3.05) is 5.73 Å². The summed E-state index contributed by atoms with van der Waals surface area (Å²) in [7, 11) is 0. The molecule has 3 N–H and O–H groups in total. The van der Waals surface area contributed by atoms with Crippen LogP contribution >= 0.6 is 27.5 Å². The maximum atomic E-state index is 12.1. The molecule has 0 aliphatic carbocycles. The van der Waals surface area contributed by atoms with Crippen LogP contribution in [0.15, 0.2) is 46.9 Å². The van der Waals surface area contributed by atoms with Gasteiger partial charge in [-0.2, -0.15) is 0 Å². The Kier molecular flexibility index (Phi) is 4.68. The minimum Gasteiger partial charge on any atom is -0.399 e. The van der Waals surface area contributed by atoms with Gasteiger partial charge in [0.2, 0.25) is 0 Å². The molecule has 2 aromatic carbocycles. The van der Waals surface area contributed by atoms with Gasteiger partial charge in [-0.1, -0.05) is 23.7 Å². The fourth-order valence-electron chi connectivity index (χ4n) is 1.79. The fourth-order valence-corrected chi connectivity index (χ4v) is 2.21. The van der Waals surface area contributed by atoms with E-state index in [0.717, 1.165) is 10.0 Å². The summed E-state index contributed by atoms with van der Waals surface area (Å²) in [5.41, 5.74) is 7.87. The van der Waals surface area contributed by atoms with Crippen molar-refractivity contribution in [1.29, 1.82) is 0 Å². The highest BCUT2D eigenvalue weighted by Gasteiger charge is 2.12. The Balaban J connectivity index is 2.10. The Labute approximate surface area is 131 Å². The van der Waals surface area contributed by atoms with E-state index in [2.05, 4.69) is 21.2 Å². The molecule has 3 nitrogen and oxygen atoms in total. The van der Waals surface area contributed by atoms with Gasteiger partial charge in [-0.15, -0.1) is 0 Å². The Bertz CT molecular complexity index is 628. The summed E-state index contributed by atoms with van der Waals surface area (Å²) < 4.78 is 0.766. The van der Waals surface area contributed by atoms with E-state index in [-0.39, 0.29) is 11.9 Å². The molecule has 0 radical (unpaired) electrons. The van der Waals surface area contributed by atoms with Gasteiger partial charge in [-0.05, 0) is 58.7 Å². The minimum atomic E-state index is -0.163. The van der Waals surface area contributed by atoms with Crippen molar-refractivity contribution in [2.24, 2.45) is 0 Å². The Morgan fingerprint density at radius 1 is 1.25 bits per heavy atom. The second-order valence-corrected chi connectivity index (χ2v) is 5.75. The van der Waals surface area contributed by atoms with Crippen molar-refractivity contribution in [3.8, 4) is 0 Å². The van der Waals surface area contributed by atoms with Crippen LogP contribution in [0.2, 0.25) is 5.02 Å². The average molecular weight is 354 g/mol. The van der Waals surface area contributed by atoms with E-state index in [0.29, 0.717) is 16.3 Å². The molecule has 0 saturated heterocycles. The van der Waals surface area contributed by atoms with E-state index in [9.17, 15) is 4.79 Å². The van der Waals surface area contributed by atoms with Crippen molar-refractivity contribution >= 4 is 39.1 Å². The predicted octanol–water partition coefficient (Wildman–Crippen LogP) is 4.18. The van der Waals surface area contributed by atoms with Gasteiger partial charge in [0.15, 0.2) is 0 Å². The number of benzene rings is 2. The summed E-state index contributed by atoms with van der Waals surface area (Å²) >= 11 is 9.29. The smallest absolute Gasteiger partial charge is 0.251 e. The molecule has 1 unspecified atom stereocenters. The van der Waals surface area contributed by atoms with Crippen molar-refractivity contribution in [1.82, 2.24) is 5.32 Å². The monoisotopic (exact) mass is 352 g/mol. The largest absolute Gasteiger partial charge is 0.399 e. The lowest BCUT2D eigenvalue weighted by Crippen LogP contribution is -2.26. The second-order valence-electron chi connectivity index (χ2n) is 4.49. The molecule has 0 bridgehead atoms. The predicted molar refractivity (Wildman–Crippen MR) is 85.9 cm³/mol. The maximum Gasteiger partial charge on any atom is 0.251 e. The van der Waals surface area contributed by atoms with Gasteiger partial charge in [0, 0.05) is 15.7 Å². The van der Waals surface area contributed by atoms with Crippen LogP contribution in [-0.2, 0) is 0 Å². The van der Waals surface area contributed by atoms with Crippen LogP contribution in [0.1, 0.15) is 28.9 Å². The molecule has 0 aromatic heterocycles. The number of halogens is 2. The van der Waals surface area contributed by atoms with Gasteiger partial charge in [0.25, 0.3) is 5.91 Å². The SMILES string of the molecule is CC(NC(=O)c1ccc(Br)c(Cl)c1)c1ccc(N)cc1. The molecule has 1 atom stereocenters. The highest BCUT2D eigenvalue weighted by Crippen LogP contribution is 2.23. The number of nitrogen functional groups attached to an aromatic ring is 1. The molecule has 5 heteroatoms. The van der Waals surface area contributed by atoms with Crippen LogP contribution in [0.3, 0.4) is 0 Å². The first-order valence-corrected chi connectivity index (χ1v) is 7.26. The normalized spacial score (nSPS) is 11.9. The molecule has 0 heterocycles. The lowest BCUT2D eigenvalue weighted by Gasteiger charge is -2.15. The van der Waals surface area contributed by atoms with Crippen LogP contribution in [-0.4, -0.2) is 5.91 Å². The van der Waals surface area contributed by atoms with E-state index in [1.807, 2.05) is 31.2 Å². The van der Waals surface area contributed by atoms with Gasteiger partial charge in [0.1, 0.15) is 0 Å². The number of hydrogen-bond acceptors (Lipinski definition) is 2. The van der Waals surface area contributed by atoms with Gasteiger partial charge >= 0.3 is 0 Å². The molecule has 20 heavy (non-hydrogen) atoms. The van der Waals surface area contributed by atoms with E-state index < -0.39 is 0 Å². The average Bonchev–Trinajstić information content (AvgIpc) is 2.42. The Hall–Kier alpha value is -1.52. The van der Waals surface area contributed by atoms with Gasteiger partial charge in [-0.25, -0.2) is 0 Å². The van der Waals surface area contributed by atoms with E-state index in [1.165, 1.54) is 0 Å². The number of anilines is 1. The third kappa shape index (κ3) is 3.52. The summed E-state index contributed by atoms with van der Waals surface area (Å²) in [4.78, 5) is 12.1. The van der Waals surface area contributed by atoms with Crippen LogP contribution in [0.4, 0.5) is 5.69 Å². The zero-order chi connectivity index (χ0) is 14.7. The Morgan fingerprint density at radius 3 is 2.50 bits per heavy atom. The first kappa shape index (κ1) is 14.9. The number of carbonyl (C=O) groups excluding carboxylic acids is 1. The fraction of sp³-hybridized carbons (Fsp3) is 0.133. The highest BCUT2D eigenvalue weighted by molar-refractivity contribution is 9.10. The molecule has 104 valence electrons. The molecule has 1 amide bonds. The number of carbonyl (C=O) groups is 1. The molecular formula is C15H14BrClN2O. The Morgan fingerprint density at radius 2 is 1.90 bits per heavy atom. The summed E-state index contributed by atoms with van der Waals surface area (Å²) in [6.45, 7) is 1.92. The number of nitrogens with two attached hydrogens (primary N) is 1. The van der Waals surface area contributed by atoms with Gasteiger partial charge < -0.3 is 11.1 Å². The standard InChI is InChI=1S/C15H14BrClN2O/c1-9(10-2-5-12(18)6-3-10)19-15(20)11-4-7-13(16)14(17)8-11/h2-9H,18H2,1H3,(H,19,20). The van der Waals surface area contributed by atoms with Crippen LogP contribution in [0, 0.1) is 0 Å². The number of rotatable bonds is 3. The minimum absolute atomic E-state index is 0.106. The summed E-state index contributed by atoms with van der Waals surface area (Å²) in [6, 6.07) is 12.4. The molecule has 0 saturated carbocycles. The molecular weight excluding hydrogens is 340 g/mol. The number of hydrogen-bond donors (Lipinski definition) is 2. The topological polar surface area (TPSA) is 55.1 Å². The van der Waals surface area contributed by atoms with Crippen molar-refractivity contribution in [3.63, 3.8) is 0 Å². The third-order valence-corrected chi connectivity index (χ3v) is 4.20. The maximum absolute atomic E-state index is 12.1. The number of nitrogens with one attached hydrogen (secondary N) is 1. The molecule has 0 aliphatic rings. The van der Waals surface area contributed by atoms with Crippen molar-refractivity contribution in [3.05, 3.63) is 63.1 Å². The number of amides is 1. The molecule has 2 rings (SSSR count). The third-order valence-electron chi connectivity index (χ3n) is 2.97. The molecule has 0 fully saturated rings. The molecule has 0 aliphatic heterocycles. The quantitative estimate of drug-likeness (QED) is 0.813. The second kappa shape index (κ2) is 6.29. The van der Waals surface area contributed by atoms with Crippen LogP contribution in [0.5, 0.6) is 0 Å². The van der Waals surface area contributed by atoms with Crippen molar-refractivity contribution < 1.29 is 4.79 Å². The summed E-state index contributed by atoms with van der Waals surface area (Å²) in [6.07, 6.45) is 0. The first-order valence-electron chi connectivity index (χ1n) is 6.08.